The highest BCUT2D eigenvalue weighted by molar-refractivity contribution is 6.62. The summed E-state index contributed by atoms with van der Waals surface area (Å²) >= 11 is 5.74. The first kappa shape index (κ1) is 21.0. The normalized spacial score (nSPS) is 14.6. The molecule has 0 saturated carbocycles. The minimum atomic E-state index is -0.925. The van der Waals surface area contributed by atoms with Crippen LogP contribution in [0.15, 0.2) is 6.20 Å². The van der Waals surface area contributed by atoms with Crippen molar-refractivity contribution in [2.24, 2.45) is 0 Å². The van der Waals surface area contributed by atoms with E-state index in [9.17, 15) is 14.0 Å². The molecule has 0 spiro atoms. The van der Waals surface area contributed by atoms with Gasteiger partial charge in [-0.25, -0.2) is 19.2 Å². The predicted molar refractivity (Wildman–Crippen MR) is 104 cm³/mol. The lowest BCUT2D eigenvalue weighted by atomic mass is 10.0. The molecule has 0 aromatic carbocycles. The molecule has 11 heteroatoms. The second-order valence-corrected chi connectivity index (χ2v) is 7.37. The Morgan fingerprint density at radius 2 is 2.07 bits per heavy atom. The fourth-order valence-corrected chi connectivity index (χ4v) is 3.63. The number of fused-ring (bicyclic) bond motifs is 1. The Labute approximate surface area is 172 Å². The highest BCUT2D eigenvalue weighted by atomic mass is 35.5. The molecule has 0 aliphatic carbocycles. The topological polar surface area (TPSA) is 102 Å². The standard InChI is InChI=1S/C18H22ClFN6O3/c1-5-7-12-21-8-11(20)15(22-12)23-14-10-9-25(16(19)27)18(3,4)13(10)26(24-14)17(28)29-6-2/h8H,5-7,9H2,1-4H3,(H,21,22,23,24). The van der Waals surface area contributed by atoms with Gasteiger partial charge in [0.25, 0.3) is 0 Å². The van der Waals surface area contributed by atoms with Crippen LogP contribution in [0.1, 0.15) is 51.2 Å². The van der Waals surface area contributed by atoms with E-state index in [1.165, 1.54) is 4.90 Å². The van der Waals surface area contributed by atoms with E-state index in [1.54, 1.807) is 20.8 Å². The monoisotopic (exact) mass is 424 g/mol. The van der Waals surface area contributed by atoms with Gasteiger partial charge < -0.3 is 15.0 Å². The molecule has 3 heterocycles. The van der Waals surface area contributed by atoms with Crippen LogP contribution in [0.4, 0.5) is 25.6 Å². The Hall–Kier alpha value is -2.75. The zero-order valence-corrected chi connectivity index (χ0v) is 17.4. The molecule has 2 aromatic rings. The van der Waals surface area contributed by atoms with Crippen LogP contribution in [0.25, 0.3) is 0 Å². The second kappa shape index (κ2) is 7.94. The lowest BCUT2D eigenvalue weighted by Gasteiger charge is -2.30. The first-order valence-corrected chi connectivity index (χ1v) is 9.63. The van der Waals surface area contributed by atoms with E-state index >= 15 is 0 Å². The van der Waals surface area contributed by atoms with Gasteiger partial charge in [0.15, 0.2) is 17.5 Å². The fourth-order valence-electron chi connectivity index (χ4n) is 3.36. The number of halogens is 2. The molecule has 0 unspecified atom stereocenters. The van der Waals surface area contributed by atoms with Crippen LogP contribution in [-0.2, 0) is 23.2 Å². The third kappa shape index (κ3) is 3.76. The molecule has 3 rings (SSSR count). The van der Waals surface area contributed by atoms with E-state index in [4.69, 9.17) is 16.3 Å². The molecular weight excluding hydrogens is 403 g/mol. The van der Waals surface area contributed by atoms with Crippen LogP contribution >= 0.6 is 11.6 Å². The number of rotatable bonds is 5. The van der Waals surface area contributed by atoms with E-state index in [1.807, 2.05) is 6.92 Å². The third-order valence-corrected chi connectivity index (χ3v) is 4.92. The highest BCUT2D eigenvalue weighted by Gasteiger charge is 2.46. The number of amides is 1. The lowest BCUT2D eigenvalue weighted by Crippen LogP contribution is -2.39. The molecule has 2 aromatic heterocycles. The van der Waals surface area contributed by atoms with E-state index in [0.29, 0.717) is 23.5 Å². The number of anilines is 2. The Morgan fingerprint density at radius 1 is 1.34 bits per heavy atom. The molecule has 1 N–H and O–H groups in total. The Bertz CT molecular complexity index is 961. The van der Waals surface area contributed by atoms with Crippen molar-refractivity contribution in [3.63, 3.8) is 0 Å². The van der Waals surface area contributed by atoms with Crippen LogP contribution in [-0.4, -0.2) is 42.7 Å². The molecule has 0 radical (unpaired) electrons. The van der Waals surface area contributed by atoms with Crippen LogP contribution in [0, 0.1) is 5.82 Å². The third-order valence-electron chi connectivity index (χ3n) is 4.71. The van der Waals surface area contributed by atoms with Gasteiger partial charge in [-0.2, -0.15) is 4.68 Å². The Kier molecular flexibility index (Phi) is 5.74. The summed E-state index contributed by atoms with van der Waals surface area (Å²) in [7, 11) is 0. The molecular formula is C18H22ClFN6O3. The summed E-state index contributed by atoms with van der Waals surface area (Å²) in [4.78, 5) is 33.9. The van der Waals surface area contributed by atoms with Gasteiger partial charge >= 0.3 is 11.5 Å². The first-order chi connectivity index (χ1) is 13.7. The Morgan fingerprint density at radius 3 is 2.69 bits per heavy atom. The number of hydrogen-bond donors (Lipinski definition) is 1. The smallest absolute Gasteiger partial charge is 0.435 e. The quantitative estimate of drug-likeness (QED) is 0.573. The summed E-state index contributed by atoms with van der Waals surface area (Å²) in [5.74, 6) is -0.0441. The lowest BCUT2D eigenvalue weighted by molar-refractivity contribution is 0.138. The number of aromatic nitrogens is 4. The average molecular weight is 425 g/mol. The molecule has 1 aliphatic rings. The fraction of sp³-hybridized carbons (Fsp3) is 0.500. The van der Waals surface area contributed by atoms with Gasteiger partial charge in [0, 0.05) is 12.0 Å². The summed E-state index contributed by atoms with van der Waals surface area (Å²) in [6, 6.07) is 0. The molecule has 1 aliphatic heterocycles. The van der Waals surface area contributed by atoms with Crippen molar-refractivity contribution in [1.82, 2.24) is 24.6 Å². The number of ether oxygens (including phenoxy) is 1. The van der Waals surface area contributed by atoms with Crippen LogP contribution in [0.2, 0.25) is 0 Å². The summed E-state index contributed by atoms with van der Waals surface area (Å²) < 4.78 is 20.4. The average Bonchev–Trinajstić information content (AvgIpc) is 3.14. The van der Waals surface area contributed by atoms with Gasteiger partial charge in [0.1, 0.15) is 5.82 Å². The van der Waals surface area contributed by atoms with Crippen molar-refractivity contribution in [2.75, 3.05) is 11.9 Å². The minimum absolute atomic E-state index is 0.0618. The van der Waals surface area contributed by atoms with Crippen LogP contribution < -0.4 is 5.32 Å². The van der Waals surface area contributed by atoms with Crippen LogP contribution in [0.3, 0.4) is 0 Å². The maximum absolute atomic E-state index is 14.3. The number of hydrogen-bond acceptors (Lipinski definition) is 7. The van der Waals surface area contributed by atoms with Crippen molar-refractivity contribution in [1.29, 1.82) is 0 Å². The van der Waals surface area contributed by atoms with Gasteiger partial charge in [-0.15, -0.1) is 5.10 Å². The molecule has 0 bridgehead atoms. The van der Waals surface area contributed by atoms with E-state index in [0.717, 1.165) is 17.3 Å². The van der Waals surface area contributed by atoms with E-state index in [2.05, 4.69) is 20.4 Å². The van der Waals surface area contributed by atoms with Crippen LogP contribution in [0.5, 0.6) is 0 Å². The van der Waals surface area contributed by atoms with E-state index < -0.39 is 22.8 Å². The van der Waals surface area contributed by atoms with E-state index in [-0.39, 0.29) is 24.8 Å². The molecule has 0 atom stereocenters. The summed E-state index contributed by atoms with van der Waals surface area (Å²) in [5.41, 5.74) is 0.0497. The van der Waals surface area contributed by atoms with Crippen molar-refractivity contribution < 1.29 is 18.7 Å². The maximum atomic E-state index is 14.3. The number of nitrogens with one attached hydrogen (secondary N) is 1. The molecule has 1 amide bonds. The zero-order chi connectivity index (χ0) is 21.3. The second-order valence-electron chi connectivity index (χ2n) is 7.04. The number of carbonyl (C=O) groups excluding carboxylic acids is 2. The van der Waals surface area contributed by atoms with Gasteiger partial charge in [0.2, 0.25) is 0 Å². The van der Waals surface area contributed by atoms with Gasteiger partial charge in [0.05, 0.1) is 30.6 Å². The molecule has 0 fully saturated rings. The van der Waals surface area contributed by atoms with Gasteiger partial charge in [-0.05, 0) is 38.8 Å². The molecule has 156 valence electrons. The summed E-state index contributed by atoms with van der Waals surface area (Å²) in [6.07, 6.45) is 1.77. The number of aryl methyl sites for hydroxylation is 1. The number of nitrogens with zero attached hydrogens (tertiary/aromatic N) is 5. The maximum Gasteiger partial charge on any atom is 0.435 e. The van der Waals surface area contributed by atoms with Gasteiger partial charge in [-0.1, -0.05) is 6.92 Å². The first-order valence-electron chi connectivity index (χ1n) is 9.25. The predicted octanol–water partition coefficient (Wildman–Crippen LogP) is 3.92. The Balaban J connectivity index is 2.08. The SMILES string of the molecule is CCCc1ncc(F)c(Nc2nn(C(=O)OCC)c3c2CN(C(=O)Cl)C3(C)C)n1. The van der Waals surface area contributed by atoms with Crippen molar-refractivity contribution in [3.8, 4) is 0 Å². The largest absolute Gasteiger partial charge is 0.448 e. The van der Waals surface area contributed by atoms with Crippen molar-refractivity contribution in [3.05, 3.63) is 29.1 Å². The number of carbonyl (C=O) groups is 2. The summed E-state index contributed by atoms with van der Waals surface area (Å²) in [6.45, 7) is 7.37. The molecule has 29 heavy (non-hydrogen) atoms. The van der Waals surface area contributed by atoms with Crippen molar-refractivity contribution in [2.45, 2.75) is 52.6 Å². The highest BCUT2D eigenvalue weighted by Crippen LogP contribution is 2.43. The molecule has 9 nitrogen and oxygen atoms in total. The minimum Gasteiger partial charge on any atom is -0.448 e. The van der Waals surface area contributed by atoms with Crippen molar-refractivity contribution >= 4 is 34.7 Å². The zero-order valence-electron chi connectivity index (χ0n) is 16.6. The van der Waals surface area contributed by atoms with Gasteiger partial charge in [-0.3, -0.25) is 4.79 Å². The summed E-state index contributed by atoms with van der Waals surface area (Å²) in [5, 5.41) is 6.44. The molecule has 0 saturated heterocycles.